The lowest BCUT2D eigenvalue weighted by Gasteiger charge is -2.14. The van der Waals surface area contributed by atoms with E-state index in [2.05, 4.69) is 22.5 Å². The van der Waals surface area contributed by atoms with E-state index in [4.69, 9.17) is 0 Å². The number of hydrogen-bond acceptors (Lipinski definition) is 3. The summed E-state index contributed by atoms with van der Waals surface area (Å²) in [5.41, 5.74) is 0.261. The number of anilines is 1. The van der Waals surface area contributed by atoms with Crippen LogP contribution in [0, 0.1) is 11.7 Å². The molecule has 1 aliphatic carbocycles. The molecule has 1 aliphatic rings. The maximum Gasteiger partial charge on any atom is 0.255 e. The van der Waals surface area contributed by atoms with E-state index in [1.54, 1.807) is 7.05 Å². The molecular formula is C13H18FN3O. The van der Waals surface area contributed by atoms with Gasteiger partial charge < -0.3 is 10.6 Å². The molecule has 0 aliphatic heterocycles. The second kappa shape index (κ2) is 5.33. The zero-order valence-electron chi connectivity index (χ0n) is 10.7. The average molecular weight is 251 g/mol. The number of carbonyl (C=O) groups is 1. The number of nitrogens with zero attached hydrogens (tertiary/aromatic N) is 1. The minimum atomic E-state index is -0.501. The first kappa shape index (κ1) is 12.8. The summed E-state index contributed by atoms with van der Waals surface area (Å²) in [4.78, 5) is 15.9. The van der Waals surface area contributed by atoms with Gasteiger partial charge in [0.2, 0.25) is 0 Å². The molecule has 1 heterocycles. The molecule has 1 saturated carbocycles. The number of amides is 1. The molecule has 1 fully saturated rings. The fraction of sp³-hybridized carbons (Fsp3) is 0.538. The Hall–Kier alpha value is -1.65. The van der Waals surface area contributed by atoms with E-state index in [9.17, 15) is 9.18 Å². The van der Waals surface area contributed by atoms with Gasteiger partial charge in [0.1, 0.15) is 11.6 Å². The van der Waals surface area contributed by atoms with Crippen LogP contribution < -0.4 is 10.6 Å². The number of hydrogen-bond donors (Lipinski definition) is 2. The summed E-state index contributed by atoms with van der Waals surface area (Å²) < 4.78 is 13.1. The smallest absolute Gasteiger partial charge is 0.255 e. The van der Waals surface area contributed by atoms with Crippen LogP contribution in [0.2, 0.25) is 0 Å². The average Bonchev–Trinajstić information content (AvgIpc) is 2.74. The zero-order valence-corrected chi connectivity index (χ0v) is 10.7. The van der Waals surface area contributed by atoms with Gasteiger partial charge in [-0.3, -0.25) is 4.79 Å². The molecule has 0 saturated heterocycles. The third-order valence-electron chi connectivity index (χ3n) is 3.37. The summed E-state index contributed by atoms with van der Waals surface area (Å²) in [6, 6.07) is 1.41. The van der Waals surface area contributed by atoms with Crippen LogP contribution in [0.25, 0.3) is 0 Å². The van der Waals surface area contributed by atoms with E-state index < -0.39 is 5.82 Å². The van der Waals surface area contributed by atoms with Gasteiger partial charge in [0.15, 0.2) is 0 Å². The lowest BCUT2D eigenvalue weighted by Crippen LogP contribution is -2.33. The van der Waals surface area contributed by atoms with Crippen LogP contribution in [-0.2, 0) is 0 Å². The molecular weight excluding hydrogens is 233 g/mol. The quantitative estimate of drug-likeness (QED) is 0.865. The Balaban J connectivity index is 2.10. The largest absolute Gasteiger partial charge is 0.372 e. The van der Waals surface area contributed by atoms with Crippen molar-refractivity contribution in [3.63, 3.8) is 0 Å². The van der Waals surface area contributed by atoms with Crippen LogP contribution >= 0.6 is 0 Å². The minimum absolute atomic E-state index is 0.195. The van der Waals surface area contributed by atoms with Crippen molar-refractivity contribution in [2.75, 3.05) is 12.4 Å². The van der Waals surface area contributed by atoms with Crippen molar-refractivity contribution < 1.29 is 9.18 Å². The van der Waals surface area contributed by atoms with Crippen LogP contribution in [0.4, 0.5) is 10.2 Å². The SMILES string of the molecule is CNc1ncc(F)cc1C(=O)NC1CCC(C)C1. The normalized spacial score (nSPS) is 22.8. The Kier molecular flexibility index (Phi) is 3.79. The van der Waals surface area contributed by atoms with Crippen LogP contribution in [0.5, 0.6) is 0 Å². The molecule has 1 aromatic rings. The molecule has 0 bridgehead atoms. The fourth-order valence-corrected chi connectivity index (χ4v) is 2.41. The Bertz CT molecular complexity index is 450. The molecule has 2 atom stereocenters. The number of nitrogens with one attached hydrogen (secondary N) is 2. The van der Waals surface area contributed by atoms with Crippen LogP contribution in [0.3, 0.4) is 0 Å². The second-order valence-corrected chi connectivity index (χ2v) is 4.89. The van der Waals surface area contributed by atoms with E-state index in [1.807, 2.05) is 0 Å². The summed E-state index contributed by atoms with van der Waals surface area (Å²) in [5, 5.41) is 5.74. The third-order valence-corrected chi connectivity index (χ3v) is 3.37. The van der Waals surface area contributed by atoms with Crippen molar-refractivity contribution in [1.82, 2.24) is 10.3 Å². The Morgan fingerprint density at radius 2 is 2.28 bits per heavy atom. The van der Waals surface area contributed by atoms with E-state index in [0.717, 1.165) is 25.5 Å². The molecule has 2 unspecified atom stereocenters. The maximum absolute atomic E-state index is 13.1. The first-order chi connectivity index (χ1) is 8.60. The zero-order chi connectivity index (χ0) is 13.1. The van der Waals surface area contributed by atoms with Gasteiger partial charge in [-0.1, -0.05) is 6.92 Å². The molecule has 98 valence electrons. The van der Waals surface area contributed by atoms with E-state index in [0.29, 0.717) is 11.7 Å². The van der Waals surface area contributed by atoms with Crippen molar-refractivity contribution in [2.24, 2.45) is 5.92 Å². The van der Waals surface area contributed by atoms with E-state index in [1.165, 1.54) is 6.07 Å². The topological polar surface area (TPSA) is 54.0 Å². The molecule has 0 spiro atoms. The van der Waals surface area contributed by atoms with Gasteiger partial charge in [-0.05, 0) is 31.2 Å². The fourth-order valence-electron chi connectivity index (χ4n) is 2.41. The number of aromatic nitrogens is 1. The summed E-state index contributed by atoms with van der Waals surface area (Å²) in [6.07, 6.45) is 4.21. The van der Waals surface area contributed by atoms with Crippen LogP contribution in [0.1, 0.15) is 36.5 Å². The lowest BCUT2D eigenvalue weighted by molar-refractivity contribution is 0.0937. The molecule has 2 rings (SSSR count). The van der Waals surface area contributed by atoms with E-state index in [-0.39, 0.29) is 17.5 Å². The lowest BCUT2D eigenvalue weighted by atomic mass is 10.1. The number of halogens is 1. The van der Waals surface area contributed by atoms with Crippen molar-refractivity contribution in [1.29, 1.82) is 0 Å². The molecule has 5 heteroatoms. The Morgan fingerprint density at radius 3 is 2.89 bits per heavy atom. The molecule has 18 heavy (non-hydrogen) atoms. The summed E-state index contributed by atoms with van der Waals surface area (Å²) in [7, 11) is 1.66. The second-order valence-electron chi connectivity index (χ2n) is 4.89. The number of rotatable bonds is 3. The number of carbonyl (C=O) groups excluding carboxylic acids is 1. The highest BCUT2D eigenvalue weighted by atomic mass is 19.1. The van der Waals surface area contributed by atoms with Gasteiger partial charge >= 0.3 is 0 Å². The molecule has 4 nitrogen and oxygen atoms in total. The molecule has 0 radical (unpaired) electrons. The van der Waals surface area contributed by atoms with Crippen molar-refractivity contribution >= 4 is 11.7 Å². The number of pyridine rings is 1. The standard InChI is InChI=1S/C13H18FN3O/c1-8-3-4-10(5-8)17-13(18)11-6-9(14)7-16-12(11)15-2/h6-8,10H,3-5H2,1-2H3,(H,15,16)(H,17,18). The highest BCUT2D eigenvalue weighted by molar-refractivity contribution is 5.98. The predicted molar refractivity (Wildman–Crippen MR) is 68.0 cm³/mol. The first-order valence-corrected chi connectivity index (χ1v) is 6.24. The first-order valence-electron chi connectivity index (χ1n) is 6.24. The van der Waals surface area contributed by atoms with Crippen molar-refractivity contribution in [2.45, 2.75) is 32.2 Å². The highest BCUT2D eigenvalue weighted by Crippen LogP contribution is 2.25. The van der Waals surface area contributed by atoms with Gasteiger partial charge in [-0.15, -0.1) is 0 Å². The molecule has 2 N–H and O–H groups in total. The summed E-state index contributed by atoms with van der Waals surface area (Å²) in [6.45, 7) is 2.18. The van der Waals surface area contributed by atoms with Crippen molar-refractivity contribution in [3.8, 4) is 0 Å². The Morgan fingerprint density at radius 1 is 1.50 bits per heavy atom. The molecule has 1 aromatic heterocycles. The predicted octanol–water partition coefficient (Wildman–Crippen LogP) is 2.18. The minimum Gasteiger partial charge on any atom is -0.372 e. The van der Waals surface area contributed by atoms with E-state index >= 15 is 0 Å². The summed E-state index contributed by atoms with van der Waals surface area (Å²) in [5.74, 6) is 0.286. The molecule has 0 aromatic carbocycles. The van der Waals surface area contributed by atoms with Crippen LogP contribution in [0.15, 0.2) is 12.3 Å². The van der Waals surface area contributed by atoms with Gasteiger partial charge in [-0.2, -0.15) is 0 Å². The summed E-state index contributed by atoms with van der Waals surface area (Å²) >= 11 is 0. The monoisotopic (exact) mass is 251 g/mol. The van der Waals surface area contributed by atoms with Gasteiger partial charge in [0.05, 0.1) is 11.8 Å². The van der Waals surface area contributed by atoms with Crippen molar-refractivity contribution in [3.05, 3.63) is 23.6 Å². The van der Waals surface area contributed by atoms with Gasteiger partial charge in [0, 0.05) is 13.1 Å². The van der Waals surface area contributed by atoms with Gasteiger partial charge in [0.25, 0.3) is 5.91 Å². The third kappa shape index (κ3) is 2.78. The molecule has 1 amide bonds. The maximum atomic E-state index is 13.1. The van der Waals surface area contributed by atoms with Crippen LogP contribution in [-0.4, -0.2) is 24.0 Å². The Labute approximate surface area is 106 Å². The van der Waals surface area contributed by atoms with Gasteiger partial charge in [-0.25, -0.2) is 9.37 Å². The highest BCUT2D eigenvalue weighted by Gasteiger charge is 2.24.